The van der Waals surface area contributed by atoms with Gasteiger partial charge in [0.25, 0.3) is 0 Å². The van der Waals surface area contributed by atoms with Crippen LogP contribution in [0.2, 0.25) is 0 Å². The van der Waals surface area contributed by atoms with Crippen LogP contribution in [0, 0.1) is 0 Å². The summed E-state index contributed by atoms with van der Waals surface area (Å²) in [6.45, 7) is 9.56. The Morgan fingerprint density at radius 3 is 2.56 bits per heavy atom. The Morgan fingerprint density at radius 1 is 1.31 bits per heavy atom. The predicted molar refractivity (Wildman–Crippen MR) is 69.2 cm³/mol. The fourth-order valence-corrected chi connectivity index (χ4v) is 1.60. The van der Waals surface area contributed by atoms with Gasteiger partial charge in [0, 0.05) is 6.54 Å². The number of benzene rings is 1. The van der Waals surface area contributed by atoms with Gasteiger partial charge < -0.3 is 10.1 Å². The lowest BCUT2D eigenvalue weighted by Gasteiger charge is -2.21. The van der Waals surface area contributed by atoms with Gasteiger partial charge in [-0.15, -0.1) is 0 Å². The molecule has 0 heterocycles. The molecule has 2 nitrogen and oxygen atoms in total. The van der Waals surface area contributed by atoms with Crippen LogP contribution in [0.25, 0.3) is 0 Å². The van der Waals surface area contributed by atoms with Crippen molar-refractivity contribution in [3.63, 3.8) is 0 Å². The Labute approximate surface area is 99.0 Å². The first-order valence-corrected chi connectivity index (χ1v) is 5.85. The minimum absolute atomic E-state index is 0.172. The molecule has 1 rings (SSSR count). The largest absolute Gasteiger partial charge is 0.489 e. The quantitative estimate of drug-likeness (QED) is 0.844. The second-order valence-corrected chi connectivity index (χ2v) is 5.26. The minimum atomic E-state index is 0.172. The summed E-state index contributed by atoms with van der Waals surface area (Å²) < 4.78 is 5.83. The van der Waals surface area contributed by atoms with Crippen molar-refractivity contribution in [3.8, 4) is 5.75 Å². The fraction of sp³-hybridized carbons (Fsp3) is 0.571. The van der Waals surface area contributed by atoms with Gasteiger partial charge in [0.05, 0.1) is 0 Å². The van der Waals surface area contributed by atoms with Gasteiger partial charge in [-0.2, -0.15) is 0 Å². The van der Waals surface area contributed by atoms with E-state index < -0.39 is 0 Å². The van der Waals surface area contributed by atoms with E-state index in [9.17, 15) is 0 Å². The molecule has 0 fully saturated rings. The second kappa shape index (κ2) is 5.35. The average Bonchev–Trinajstić information content (AvgIpc) is 2.17. The summed E-state index contributed by atoms with van der Waals surface area (Å²) in [4.78, 5) is 0. The van der Waals surface area contributed by atoms with Crippen molar-refractivity contribution in [3.05, 3.63) is 29.8 Å². The zero-order valence-electron chi connectivity index (χ0n) is 11.0. The molecule has 0 aromatic heterocycles. The Hall–Kier alpha value is -1.02. The molecule has 0 saturated carbocycles. The van der Waals surface area contributed by atoms with Crippen LogP contribution in [0.15, 0.2) is 24.3 Å². The van der Waals surface area contributed by atoms with E-state index in [0.717, 1.165) is 12.3 Å². The lowest BCUT2D eigenvalue weighted by Crippen LogP contribution is -2.26. The normalized spacial score (nSPS) is 13.6. The maximum atomic E-state index is 5.83. The van der Waals surface area contributed by atoms with Crippen LogP contribution in [0.4, 0.5) is 0 Å². The van der Waals surface area contributed by atoms with E-state index in [1.54, 1.807) is 0 Å². The van der Waals surface area contributed by atoms with E-state index in [0.29, 0.717) is 0 Å². The van der Waals surface area contributed by atoms with Gasteiger partial charge in [-0.25, -0.2) is 0 Å². The average molecular weight is 221 g/mol. The molecule has 0 aliphatic heterocycles. The summed E-state index contributed by atoms with van der Waals surface area (Å²) in [6.07, 6.45) is 0.195. The summed E-state index contributed by atoms with van der Waals surface area (Å²) in [5.74, 6) is 0.954. The van der Waals surface area contributed by atoms with Crippen LogP contribution in [0.5, 0.6) is 5.75 Å². The molecule has 16 heavy (non-hydrogen) atoms. The van der Waals surface area contributed by atoms with Gasteiger partial charge in [-0.05, 0) is 37.1 Å². The Balaban J connectivity index is 2.75. The number of hydrogen-bond acceptors (Lipinski definition) is 2. The van der Waals surface area contributed by atoms with Crippen LogP contribution >= 0.6 is 0 Å². The Kier molecular flexibility index (Phi) is 4.36. The van der Waals surface area contributed by atoms with Crippen LogP contribution in [-0.2, 0) is 5.41 Å². The number of nitrogens with one attached hydrogen (secondary N) is 1. The summed E-state index contributed by atoms with van der Waals surface area (Å²) in [7, 11) is 1.94. The number of ether oxygens (including phenoxy) is 1. The third-order valence-corrected chi connectivity index (χ3v) is 2.53. The van der Waals surface area contributed by atoms with E-state index in [1.807, 2.05) is 13.1 Å². The molecule has 2 heteroatoms. The van der Waals surface area contributed by atoms with Crippen molar-refractivity contribution in [2.75, 3.05) is 13.6 Å². The predicted octanol–water partition coefficient (Wildman–Crippen LogP) is 2.97. The smallest absolute Gasteiger partial charge is 0.120 e. The SMILES string of the molecule is CNC[C@H](C)Oc1cccc(C(C)(C)C)c1. The molecule has 0 aliphatic carbocycles. The van der Waals surface area contributed by atoms with E-state index in [-0.39, 0.29) is 11.5 Å². The maximum Gasteiger partial charge on any atom is 0.120 e. The number of rotatable bonds is 4. The van der Waals surface area contributed by atoms with Crippen LogP contribution in [0.1, 0.15) is 33.3 Å². The molecule has 0 saturated heterocycles. The van der Waals surface area contributed by atoms with Crippen molar-refractivity contribution < 1.29 is 4.74 Å². The molecule has 0 amide bonds. The Bertz CT molecular complexity index is 328. The van der Waals surface area contributed by atoms with Crippen molar-refractivity contribution in [2.24, 2.45) is 0 Å². The molecule has 0 aliphatic rings. The van der Waals surface area contributed by atoms with E-state index in [4.69, 9.17) is 4.74 Å². The maximum absolute atomic E-state index is 5.83. The van der Waals surface area contributed by atoms with Gasteiger partial charge in [0.15, 0.2) is 0 Å². The molecule has 0 unspecified atom stereocenters. The third-order valence-electron chi connectivity index (χ3n) is 2.53. The first-order chi connectivity index (χ1) is 7.43. The molecule has 0 spiro atoms. The molecule has 0 bridgehead atoms. The Morgan fingerprint density at radius 2 is 2.00 bits per heavy atom. The van der Waals surface area contributed by atoms with Crippen molar-refractivity contribution in [1.82, 2.24) is 5.32 Å². The van der Waals surface area contributed by atoms with Crippen LogP contribution in [0.3, 0.4) is 0 Å². The molecule has 1 N–H and O–H groups in total. The van der Waals surface area contributed by atoms with E-state index in [2.05, 4.69) is 51.2 Å². The molecule has 90 valence electrons. The first-order valence-electron chi connectivity index (χ1n) is 5.85. The molecular weight excluding hydrogens is 198 g/mol. The van der Waals surface area contributed by atoms with Gasteiger partial charge >= 0.3 is 0 Å². The molecule has 0 radical (unpaired) electrons. The first kappa shape index (κ1) is 13.0. The van der Waals surface area contributed by atoms with Crippen LogP contribution in [-0.4, -0.2) is 19.7 Å². The lowest BCUT2D eigenvalue weighted by molar-refractivity contribution is 0.220. The van der Waals surface area contributed by atoms with Gasteiger partial charge in [-0.3, -0.25) is 0 Å². The highest BCUT2D eigenvalue weighted by Crippen LogP contribution is 2.25. The molecule has 1 atom stereocenters. The van der Waals surface area contributed by atoms with Crippen molar-refractivity contribution in [1.29, 1.82) is 0 Å². The topological polar surface area (TPSA) is 21.3 Å². The summed E-state index contributed by atoms with van der Waals surface area (Å²) in [5.41, 5.74) is 1.48. The van der Waals surface area contributed by atoms with Crippen molar-refractivity contribution in [2.45, 2.75) is 39.2 Å². The summed E-state index contributed by atoms with van der Waals surface area (Å²) in [6, 6.07) is 8.35. The molecule has 1 aromatic carbocycles. The standard InChI is InChI=1S/C14H23NO/c1-11(10-15-5)16-13-8-6-7-12(9-13)14(2,3)4/h6-9,11,15H,10H2,1-5H3/t11-/m0/s1. The summed E-state index contributed by atoms with van der Waals surface area (Å²) >= 11 is 0. The summed E-state index contributed by atoms with van der Waals surface area (Å²) in [5, 5.41) is 3.11. The third kappa shape index (κ3) is 3.86. The van der Waals surface area contributed by atoms with E-state index in [1.165, 1.54) is 5.56 Å². The monoisotopic (exact) mass is 221 g/mol. The highest BCUT2D eigenvalue weighted by atomic mass is 16.5. The fourth-order valence-electron chi connectivity index (χ4n) is 1.60. The minimum Gasteiger partial charge on any atom is -0.489 e. The molecule has 1 aromatic rings. The zero-order chi connectivity index (χ0) is 12.2. The van der Waals surface area contributed by atoms with Crippen LogP contribution < -0.4 is 10.1 Å². The van der Waals surface area contributed by atoms with Gasteiger partial charge in [-0.1, -0.05) is 32.9 Å². The second-order valence-electron chi connectivity index (χ2n) is 5.26. The van der Waals surface area contributed by atoms with Gasteiger partial charge in [0.1, 0.15) is 11.9 Å². The van der Waals surface area contributed by atoms with E-state index >= 15 is 0 Å². The van der Waals surface area contributed by atoms with Gasteiger partial charge in [0.2, 0.25) is 0 Å². The highest BCUT2D eigenvalue weighted by Gasteiger charge is 2.14. The molecular formula is C14H23NO. The number of likely N-dealkylation sites (N-methyl/N-ethyl adjacent to an activating group) is 1. The number of hydrogen-bond donors (Lipinski definition) is 1. The lowest BCUT2D eigenvalue weighted by atomic mass is 9.87. The highest BCUT2D eigenvalue weighted by molar-refractivity contribution is 5.32. The van der Waals surface area contributed by atoms with Crippen molar-refractivity contribution >= 4 is 0 Å². The zero-order valence-corrected chi connectivity index (χ0v) is 11.0.